The minimum atomic E-state index is -0.550. The number of carbonyl (C=O) groups excluding carboxylic acids is 2. The SMILES string of the molecule is COC(=O)C1=C(C)N(Cc2cccnc2)C(=O)/C1=C\c1cc(C)n(-c2ccc(OC)c(Cl)c2)c1C. The number of ether oxygens (including phenoxy) is 2. The fraction of sp³-hybridized carbons (Fsp3) is 0.222. The van der Waals surface area contributed by atoms with Gasteiger partial charge < -0.3 is 18.9 Å². The third kappa shape index (κ3) is 4.47. The minimum Gasteiger partial charge on any atom is -0.495 e. The van der Waals surface area contributed by atoms with Crippen LogP contribution in [0.3, 0.4) is 0 Å². The van der Waals surface area contributed by atoms with Crippen LogP contribution in [0.4, 0.5) is 0 Å². The molecule has 0 saturated heterocycles. The fourth-order valence-electron chi connectivity index (χ4n) is 4.37. The van der Waals surface area contributed by atoms with Crippen molar-refractivity contribution in [1.29, 1.82) is 0 Å². The quantitative estimate of drug-likeness (QED) is 0.357. The van der Waals surface area contributed by atoms with E-state index in [1.165, 1.54) is 7.11 Å². The Morgan fingerprint density at radius 1 is 1.14 bits per heavy atom. The van der Waals surface area contributed by atoms with Gasteiger partial charge in [0.25, 0.3) is 5.91 Å². The molecule has 0 bridgehead atoms. The van der Waals surface area contributed by atoms with Crippen molar-refractivity contribution in [3.8, 4) is 11.4 Å². The first-order valence-corrected chi connectivity index (χ1v) is 11.4. The second-order valence-corrected chi connectivity index (χ2v) is 8.65. The molecular weight excluding hydrogens is 466 g/mol. The molecule has 0 N–H and O–H groups in total. The Morgan fingerprint density at radius 2 is 1.91 bits per heavy atom. The summed E-state index contributed by atoms with van der Waals surface area (Å²) in [6.07, 6.45) is 5.13. The molecule has 0 unspecified atom stereocenters. The van der Waals surface area contributed by atoms with E-state index in [0.29, 0.717) is 28.6 Å². The van der Waals surface area contributed by atoms with Crippen LogP contribution in [0.2, 0.25) is 5.02 Å². The van der Waals surface area contributed by atoms with Gasteiger partial charge in [-0.2, -0.15) is 0 Å². The molecule has 1 aliphatic heterocycles. The highest BCUT2D eigenvalue weighted by molar-refractivity contribution is 6.32. The third-order valence-electron chi connectivity index (χ3n) is 6.13. The lowest BCUT2D eigenvalue weighted by Crippen LogP contribution is -2.24. The van der Waals surface area contributed by atoms with E-state index in [2.05, 4.69) is 4.98 Å². The molecule has 0 spiro atoms. The van der Waals surface area contributed by atoms with Crippen molar-refractivity contribution in [2.75, 3.05) is 14.2 Å². The summed E-state index contributed by atoms with van der Waals surface area (Å²) in [6.45, 7) is 5.99. The van der Waals surface area contributed by atoms with Crippen LogP contribution in [0.15, 0.2) is 65.6 Å². The number of hydrogen-bond donors (Lipinski definition) is 0. The number of benzene rings is 1. The zero-order valence-electron chi connectivity index (χ0n) is 20.3. The summed E-state index contributed by atoms with van der Waals surface area (Å²) in [7, 11) is 2.88. The fourth-order valence-corrected chi connectivity index (χ4v) is 4.63. The lowest BCUT2D eigenvalue weighted by molar-refractivity contribution is -0.136. The Hall–Kier alpha value is -3.84. The number of rotatable bonds is 6. The summed E-state index contributed by atoms with van der Waals surface area (Å²) < 4.78 is 12.3. The zero-order valence-corrected chi connectivity index (χ0v) is 21.0. The molecule has 8 heteroatoms. The maximum atomic E-state index is 13.5. The average Bonchev–Trinajstić information content (AvgIpc) is 3.26. The van der Waals surface area contributed by atoms with Gasteiger partial charge in [-0.1, -0.05) is 17.7 Å². The Kier molecular flexibility index (Phi) is 6.80. The Balaban J connectivity index is 1.78. The summed E-state index contributed by atoms with van der Waals surface area (Å²) in [5, 5.41) is 0.501. The number of allylic oxidation sites excluding steroid dienone is 1. The summed E-state index contributed by atoms with van der Waals surface area (Å²) in [6, 6.07) is 11.2. The van der Waals surface area contributed by atoms with Crippen LogP contribution in [-0.2, 0) is 20.9 Å². The van der Waals surface area contributed by atoms with Gasteiger partial charge in [-0.15, -0.1) is 0 Å². The van der Waals surface area contributed by atoms with E-state index in [1.807, 2.05) is 54.8 Å². The van der Waals surface area contributed by atoms with Crippen molar-refractivity contribution in [1.82, 2.24) is 14.5 Å². The molecule has 2 aromatic heterocycles. The number of hydrogen-bond acceptors (Lipinski definition) is 5. The first-order chi connectivity index (χ1) is 16.8. The van der Waals surface area contributed by atoms with Gasteiger partial charge in [0.2, 0.25) is 0 Å². The second-order valence-electron chi connectivity index (χ2n) is 8.24. The van der Waals surface area contributed by atoms with Gasteiger partial charge in [-0.05, 0) is 68.3 Å². The van der Waals surface area contributed by atoms with Crippen LogP contribution >= 0.6 is 11.6 Å². The van der Waals surface area contributed by atoms with Crippen molar-refractivity contribution in [3.05, 3.63) is 93.2 Å². The van der Waals surface area contributed by atoms with Crippen LogP contribution in [0, 0.1) is 13.8 Å². The number of methoxy groups -OCH3 is 2. The number of amides is 1. The topological polar surface area (TPSA) is 73.7 Å². The molecule has 0 aliphatic carbocycles. The molecule has 0 fully saturated rings. The minimum absolute atomic E-state index is 0.260. The van der Waals surface area contributed by atoms with E-state index < -0.39 is 5.97 Å². The Morgan fingerprint density at radius 3 is 2.54 bits per heavy atom. The lowest BCUT2D eigenvalue weighted by Gasteiger charge is -2.17. The van der Waals surface area contributed by atoms with Crippen molar-refractivity contribution in [2.45, 2.75) is 27.3 Å². The van der Waals surface area contributed by atoms with Gasteiger partial charge in [0.05, 0.1) is 36.9 Å². The smallest absolute Gasteiger partial charge is 0.340 e. The number of nitrogens with zero attached hydrogens (tertiary/aromatic N) is 3. The zero-order chi connectivity index (χ0) is 25.3. The van der Waals surface area contributed by atoms with Gasteiger partial charge in [0, 0.05) is 35.2 Å². The van der Waals surface area contributed by atoms with Crippen molar-refractivity contribution < 1.29 is 19.1 Å². The highest BCUT2D eigenvalue weighted by atomic mass is 35.5. The highest BCUT2D eigenvalue weighted by Gasteiger charge is 2.37. The van der Waals surface area contributed by atoms with Crippen LogP contribution in [0.5, 0.6) is 5.75 Å². The molecule has 1 aromatic carbocycles. The molecular formula is C27H26ClN3O4. The second kappa shape index (κ2) is 9.80. The van der Waals surface area contributed by atoms with Crippen molar-refractivity contribution in [3.63, 3.8) is 0 Å². The van der Waals surface area contributed by atoms with E-state index in [0.717, 1.165) is 28.2 Å². The van der Waals surface area contributed by atoms with Crippen molar-refractivity contribution >= 4 is 29.6 Å². The molecule has 3 aromatic rings. The molecule has 1 aliphatic rings. The number of esters is 1. The molecule has 7 nitrogen and oxygen atoms in total. The maximum absolute atomic E-state index is 13.5. The number of halogens is 1. The number of pyridine rings is 1. The van der Waals surface area contributed by atoms with E-state index in [-0.39, 0.29) is 11.5 Å². The number of carbonyl (C=O) groups is 2. The normalized spacial score (nSPS) is 14.7. The summed E-state index contributed by atoms with van der Waals surface area (Å²) in [5.74, 6) is -0.218. The van der Waals surface area contributed by atoms with Gasteiger partial charge in [0.1, 0.15) is 5.75 Å². The molecule has 35 heavy (non-hydrogen) atoms. The van der Waals surface area contributed by atoms with Crippen LogP contribution in [-0.4, -0.2) is 40.5 Å². The van der Waals surface area contributed by atoms with E-state index in [1.54, 1.807) is 37.4 Å². The highest BCUT2D eigenvalue weighted by Crippen LogP contribution is 2.35. The molecule has 0 atom stereocenters. The molecule has 4 rings (SSSR count). The number of aromatic nitrogens is 2. The molecule has 3 heterocycles. The molecule has 180 valence electrons. The largest absolute Gasteiger partial charge is 0.495 e. The third-order valence-corrected chi connectivity index (χ3v) is 6.42. The first kappa shape index (κ1) is 24.3. The van der Waals surface area contributed by atoms with Gasteiger partial charge >= 0.3 is 5.97 Å². The van der Waals surface area contributed by atoms with Gasteiger partial charge in [-0.3, -0.25) is 9.78 Å². The maximum Gasteiger partial charge on any atom is 0.340 e. The monoisotopic (exact) mass is 491 g/mol. The standard InChI is InChI=1S/C27H26ClN3O4/c1-16-11-20(17(2)31(16)21-8-9-24(34-4)23(28)13-21)12-22-25(27(33)35-5)18(3)30(26(22)32)15-19-7-6-10-29-14-19/h6-14H,15H2,1-5H3/b22-12-. The molecule has 1 amide bonds. The van der Waals surface area contributed by atoms with E-state index in [9.17, 15) is 9.59 Å². The summed E-state index contributed by atoms with van der Waals surface area (Å²) >= 11 is 6.35. The van der Waals surface area contributed by atoms with E-state index >= 15 is 0 Å². The van der Waals surface area contributed by atoms with Gasteiger partial charge in [0.15, 0.2) is 0 Å². The van der Waals surface area contributed by atoms with Crippen LogP contribution in [0.1, 0.15) is 29.4 Å². The molecule has 0 saturated carbocycles. The average molecular weight is 492 g/mol. The summed E-state index contributed by atoms with van der Waals surface area (Å²) in [4.78, 5) is 31.9. The lowest BCUT2D eigenvalue weighted by atomic mass is 10.0. The van der Waals surface area contributed by atoms with Crippen LogP contribution < -0.4 is 4.74 Å². The Labute approximate surface area is 209 Å². The molecule has 0 radical (unpaired) electrons. The van der Waals surface area contributed by atoms with Gasteiger partial charge in [-0.25, -0.2) is 4.79 Å². The predicted octanol–water partition coefficient (Wildman–Crippen LogP) is 5.02. The van der Waals surface area contributed by atoms with E-state index in [4.69, 9.17) is 21.1 Å². The first-order valence-electron chi connectivity index (χ1n) is 11.0. The van der Waals surface area contributed by atoms with Crippen LogP contribution in [0.25, 0.3) is 11.8 Å². The summed E-state index contributed by atoms with van der Waals surface area (Å²) in [5.41, 5.74) is 5.50. The predicted molar refractivity (Wildman–Crippen MR) is 134 cm³/mol. The number of aryl methyl sites for hydroxylation is 1. The Bertz CT molecular complexity index is 1370. The van der Waals surface area contributed by atoms with Crippen molar-refractivity contribution in [2.24, 2.45) is 0 Å².